The predicted molar refractivity (Wildman–Crippen MR) is 79.9 cm³/mol. The van der Waals surface area contributed by atoms with Gasteiger partial charge in [-0.3, -0.25) is 14.6 Å². The summed E-state index contributed by atoms with van der Waals surface area (Å²) in [6, 6.07) is 9.74. The lowest BCUT2D eigenvalue weighted by Crippen LogP contribution is -2.37. The van der Waals surface area contributed by atoms with Crippen LogP contribution < -0.4 is 10.7 Å². The van der Waals surface area contributed by atoms with Crippen LogP contribution in [0, 0.1) is 0 Å². The van der Waals surface area contributed by atoms with Gasteiger partial charge >= 0.3 is 11.8 Å². The molecular weight excluding hydrogens is 284 g/mol. The first-order valence-corrected chi connectivity index (χ1v) is 6.44. The first-order valence-electron chi connectivity index (χ1n) is 6.44. The van der Waals surface area contributed by atoms with E-state index < -0.39 is 11.8 Å². The van der Waals surface area contributed by atoms with E-state index in [1.54, 1.807) is 36.7 Å². The molecule has 1 heterocycles. The van der Waals surface area contributed by atoms with Crippen molar-refractivity contribution in [3.05, 3.63) is 59.9 Å². The van der Waals surface area contributed by atoms with Gasteiger partial charge < -0.3 is 10.4 Å². The summed E-state index contributed by atoms with van der Waals surface area (Å²) in [5, 5.41) is 15.2. The van der Waals surface area contributed by atoms with Crippen molar-refractivity contribution in [2.75, 3.05) is 0 Å². The van der Waals surface area contributed by atoms with Crippen LogP contribution >= 0.6 is 0 Å². The number of aromatic nitrogens is 1. The van der Waals surface area contributed by atoms with Gasteiger partial charge in [-0.15, -0.1) is 0 Å². The van der Waals surface area contributed by atoms with Crippen LogP contribution in [0.2, 0.25) is 0 Å². The van der Waals surface area contributed by atoms with Crippen LogP contribution in [-0.2, 0) is 16.1 Å². The molecule has 7 nitrogen and oxygen atoms in total. The fourth-order valence-corrected chi connectivity index (χ4v) is 1.54. The number of nitrogens with one attached hydrogen (secondary N) is 2. The summed E-state index contributed by atoms with van der Waals surface area (Å²) in [6.45, 7) is 0.210. The predicted octanol–water partition coefficient (Wildman–Crippen LogP) is 0.554. The fourth-order valence-electron chi connectivity index (χ4n) is 1.54. The molecule has 3 N–H and O–H groups in total. The Hall–Kier alpha value is -3.22. The van der Waals surface area contributed by atoms with E-state index in [0.717, 1.165) is 5.56 Å². The first-order chi connectivity index (χ1) is 10.6. The Bertz CT molecular complexity index is 669. The molecule has 7 heteroatoms. The van der Waals surface area contributed by atoms with Gasteiger partial charge in [-0.25, -0.2) is 5.43 Å². The molecule has 2 aromatic rings. The molecule has 0 spiro atoms. The van der Waals surface area contributed by atoms with Crippen LogP contribution in [0.5, 0.6) is 5.75 Å². The number of hydrazone groups is 1. The molecular formula is C15H14N4O3. The third-order valence-corrected chi connectivity index (χ3v) is 2.65. The Balaban J connectivity index is 1.79. The van der Waals surface area contributed by atoms with E-state index in [1.165, 1.54) is 18.3 Å². The molecule has 1 aromatic heterocycles. The highest BCUT2D eigenvalue weighted by atomic mass is 16.3. The quantitative estimate of drug-likeness (QED) is 0.435. The lowest BCUT2D eigenvalue weighted by atomic mass is 10.2. The van der Waals surface area contributed by atoms with E-state index in [0.29, 0.717) is 5.56 Å². The van der Waals surface area contributed by atoms with E-state index in [2.05, 4.69) is 20.8 Å². The van der Waals surface area contributed by atoms with Gasteiger partial charge in [0, 0.05) is 18.9 Å². The zero-order chi connectivity index (χ0) is 15.8. The molecule has 0 atom stereocenters. The molecule has 2 amide bonds. The molecule has 0 saturated heterocycles. The van der Waals surface area contributed by atoms with E-state index in [9.17, 15) is 9.59 Å². The Kier molecular flexibility index (Phi) is 5.20. The molecule has 22 heavy (non-hydrogen) atoms. The minimum atomic E-state index is -0.862. The van der Waals surface area contributed by atoms with Gasteiger partial charge in [0.1, 0.15) is 5.75 Å². The van der Waals surface area contributed by atoms with Crippen LogP contribution in [0.4, 0.5) is 0 Å². The first kappa shape index (κ1) is 15.2. The summed E-state index contributed by atoms with van der Waals surface area (Å²) in [5.41, 5.74) is 3.59. The number of carbonyl (C=O) groups is 2. The maximum atomic E-state index is 11.6. The molecule has 0 aliphatic carbocycles. The molecule has 0 radical (unpaired) electrons. The largest absolute Gasteiger partial charge is 0.508 e. The number of hydrogen-bond acceptors (Lipinski definition) is 5. The monoisotopic (exact) mass is 298 g/mol. The molecule has 0 bridgehead atoms. The zero-order valence-corrected chi connectivity index (χ0v) is 11.6. The number of rotatable bonds is 4. The fraction of sp³-hybridized carbons (Fsp3) is 0.0667. The number of carbonyl (C=O) groups excluding carboxylic acids is 2. The summed E-state index contributed by atoms with van der Waals surface area (Å²) >= 11 is 0. The standard InChI is InChI=1S/C15H14N4O3/c20-13-5-3-11(4-6-13)10-18-19-15(22)14(21)17-9-12-2-1-7-16-8-12/h1-8,10,20H,9H2,(H,17,21)(H,19,22)/b18-10-. The maximum absolute atomic E-state index is 11.6. The van der Waals surface area contributed by atoms with Crippen molar-refractivity contribution in [2.45, 2.75) is 6.54 Å². The van der Waals surface area contributed by atoms with Gasteiger partial charge in [0.25, 0.3) is 0 Å². The van der Waals surface area contributed by atoms with E-state index >= 15 is 0 Å². The molecule has 2 rings (SSSR count). The number of amides is 2. The smallest absolute Gasteiger partial charge is 0.329 e. The van der Waals surface area contributed by atoms with Gasteiger partial charge in [-0.1, -0.05) is 6.07 Å². The number of phenolic OH excluding ortho intramolecular Hbond substituents is 1. The summed E-state index contributed by atoms with van der Waals surface area (Å²) in [7, 11) is 0. The van der Waals surface area contributed by atoms with Gasteiger partial charge in [0.2, 0.25) is 0 Å². The second kappa shape index (κ2) is 7.53. The number of aromatic hydroxyl groups is 1. The molecule has 0 saturated carbocycles. The van der Waals surface area contributed by atoms with Gasteiger partial charge in [0.05, 0.1) is 6.21 Å². The van der Waals surface area contributed by atoms with Crippen LogP contribution in [0.1, 0.15) is 11.1 Å². The molecule has 112 valence electrons. The number of hydrogen-bond donors (Lipinski definition) is 3. The lowest BCUT2D eigenvalue weighted by molar-refractivity contribution is -0.139. The highest BCUT2D eigenvalue weighted by Gasteiger charge is 2.11. The van der Waals surface area contributed by atoms with E-state index in [-0.39, 0.29) is 12.3 Å². The van der Waals surface area contributed by atoms with E-state index in [4.69, 9.17) is 5.11 Å². The highest BCUT2D eigenvalue weighted by molar-refractivity contribution is 6.35. The minimum Gasteiger partial charge on any atom is -0.508 e. The summed E-state index contributed by atoms with van der Waals surface area (Å²) in [4.78, 5) is 27.0. The van der Waals surface area contributed by atoms with Crippen molar-refractivity contribution in [3.8, 4) is 5.75 Å². The number of pyridine rings is 1. The van der Waals surface area contributed by atoms with Gasteiger partial charge in [0.15, 0.2) is 0 Å². The highest BCUT2D eigenvalue weighted by Crippen LogP contribution is 2.07. The second-order valence-electron chi connectivity index (χ2n) is 4.33. The number of phenols is 1. The Morgan fingerprint density at radius 2 is 1.95 bits per heavy atom. The Labute approximate surface area is 126 Å². The van der Waals surface area contributed by atoms with Crippen molar-refractivity contribution in [2.24, 2.45) is 5.10 Å². The van der Waals surface area contributed by atoms with Crippen molar-refractivity contribution >= 4 is 18.0 Å². The number of nitrogens with zero attached hydrogens (tertiary/aromatic N) is 2. The van der Waals surface area contributed by atoms with Crippen molar-refractivity contribution < 1.29 is 14.7 Å². The molecule has 0 aliphatic heterocycles. The SMILES string of the molecule is O=C(NCc1cccnc1)C(=O)N/N=C\c1ccc(O)cc1. The molecule has 0 fully saturated rings. The topological polar surface area (TPSA) is 104 Å². The van der Waals surface area contributed by atoms with Gasteiger partial charge in [-0.2, -0.15) is 5.10 Å². The third kappa shape index (κ3) is 4.71. The average Bonchev–Trinajstić information content (AvgIpc) is 2.55. The maximum Gasteiger partial charge on any atom is 0.329 e. The summed E-state index contributed by atoms with van der Waals surface area (Å²) < 4.78 is 0. The minimum absolute atomic E-state index is 0.135. The second-order valence-corrected chi connectivity index (χ2v) is 4.33. The van der Waals surface area contributed by atoms with Crippen LogP contribution in [0.15, 0.2) is 53.9 Å². The third-order valence-electron chi connectivity index (χ3n) is 2.65. The summed E-state index contributed by atoms with van der Waals surface area (Å²) in [5.74, 6) is -1.51. The normalized spacial score (nSPS) is 10.4. The lowest BCUT2D eigenvalue weighted by Gasteiger charge is -2.03. The van der Waals surface area contributed by atoms with Crippen LogP contribution in [0.3, 0.4) is 0 Å². The van der Waals surface area contributed by atoms with Crippen LogP contribution in [-0.4, -0.2) is 28.1 Å². The summed E-state index contributed by atoms with van der Waals surface area (Å²) in [6.07, 6.45) is 4.59. The zero-order valence-electron chi connectivity index (χ0n) is 11.6. The Morgan fingerprint density at radius 3 is 2.64 bits per heavy atom. The molecule has 0 unspecified atom stereocenters. The molecule has 0 aliphatic rings. The van der Waals surface area contributed by atoms with Crippen molar-refractivity contribution in [1.29, 1.82) is 0 Å². The Morgan fingerprint density at radius 1 is 1.18 bits per heavy atom. The van der Waals surface area contributed by atoms with Crippen molar-refractivity contribution in [3.63, 3.8) is 0 Å². The average molecular weight is 298 g/mol. The van der Waals surface area contributed by atoms with Gasteiger partial charge in [-0.05, 0) is 41.5 Å². The molecule has 1 aromatic carbocycles. The van der Waals surface area contributed by atoms with Crippen molar-refractivity contribution in [1.82, 2.24) is 15.7 Å². The number of benzene rings is 1. The van der Waals surface area contributed by atoms with Crippen LogP contribution in [0.25, 0.3) is 0 Å². The van der Waals surface area contributed by atoms with E-state index in [1.807, 2.05) is 0 Å².